The average molecular weight is 312 g/mol. The Hall–Kier alpha value is -0.0657. The minimum Gasteiger partial charge on any atom is -0.852 e. The van der Waals surface area contributed by atoms with E-state index in [9.17, 15) is 20.4 Å². The van der Waals surface area contributed by atoms with Gasteiger partial charge in [-0.2, -0.15) is 0 Å². The molecule has 0 unspecified atom stereocenters. The maximum atomic E-state index is 9.90. The summed E-state index contributed by atoms with van der Waals surface area (Å²) in [6, 6.07) is 0. The van der Waals surface area contributed by atoms with Crippen molar-refractivity contribution in [3.8, 4) is 0 Å². The maximum absolute atomic E-state index is 9.90. The first-order valence-corrected chi connectivity index (χ1v) is 5.85. The minimum atomic E-state index is -0.417. The van der Waals surface area contributed by atoms with Crippen molar-refractivity contribution in [1.82, 2.24) is 0 Å². The van der Waals surface area contributed by atoms with Crippen molar-refractivity contribution in [2.24, 2.45) is 0 Å². The van der Waals surface area contributed by atoms with Crippen LogP contribution in [0.25, 0.3) is 0 Å². The van der Waals surface area contributed by atoms with Gasteiger partial charge in [-0.25, -0.2) is 0 Å². The third kappa shape index (κ3) is 294. The predicted octanol–water partition coefficient (Wildman–Crippen LogP) is -0.883. The summed E-state index contributed by atoms with van der Waals surface area (Å²) in [4.78, 5) is 0. The van der Waals surface area contributed by atoms with Gasteiger partial charge < -0.3 is 25.2 Å². The van der Waals surface area contributed by atoms with Gasteiger partial charge in [0.05, 0.1) is 0 Å². The summed E-state index contributed by atoms with van der Waals surface area (Å²) in [5, 5.41) is 38.5. The van der Waals surface area contributed by atoms with Gasteiger partial charge in [0.25, 0.3) is 0 Å². The average Bonchev–Trinajstić information content (AvgIpc) is 2.13. The van der Waals surface area contributed by atoms with Crippen LogP contribution in [-0.4, -0.2) is 25.4 Å². The molecule has 0 rings (SSSR count). The molecule has 0 radical (unpaired) electrons. The Bertz CT molecular complexity index is 137. The molecule has 0 aliphatic heterocycles. The van der Waals surface area contributed by atoms with Crippen molar-refractivity contribution in [3.63, 3.8) is 0 Å². The van der Waals surface area contributed by atoms with E-state index in [-0.39, 0.29) is 27.7 Å². The number of ether oxygens (including phenoxy) is 1. The monoisotopic (exact) mass is 312 g/mol. The van der Waals surface area contributed by atoms with Crippen LogP contribution in [0.4, 0.5) is 0 Å². The van der Waals surface area contributed by atoms with E-state index in [1.165, 1.54) is 13.2 Å². The molecule has 114 valence electrons. The Morgan fingerprint density at radius 1 is 0.842 bits per heavy atom. The number of hydrogen-bond acceptors (Lipinski definition) is 5. The van der Waals surface area contributed by atoms with E-state index >= 15 is 0 Å². The molecule has 0 aliphatic carbocycles. The smallest absolute Gasteiger partial charge is 0.852 e. The van der Waals surface area contributed by atoms with Crippen LogP contribution in [0.1, 0.15) is 48.5 Å². The van der Waals surface area contributed by atoms with Gasteiger partial charge in [0.1, 0.15) is 0 Å². The van der Waals surface area contributed by atoms with Crippen molar-refractivity contribution >= 4 is 0 Å². The normalized spacial score (nSPS) is 9.26. The van der Waals surface area contributed by atoms with E-state index in [0.29, 0.717) is 0 Å². The molecule has 0 aromatic heterocycles. The van der Waals surface area contributed by atoms with E-state index in [2.05, 4.69) is 4.74 Å². The number of methoxy groups -OCH3 is 1. The van der Waals surface area contributed by atoms with Gasteiger partial charge in [-0.15, -0.1) is 18.3 Å². The molecule has 0 saturated heterocycles. The predicted molar refractivity (Wildman–Crippen MR) is 66.2 cm³/mol. The molecule has 0 spiro atoms. The Balaban J connectivity index is -0.0000000459. The van der Waals surface area contributed by atoms with Gasteiger partial charge >= 0.3 is 21.7 Å². The molecule has 0 amide bonds. The molecule has 0 bridgehead atoms. The molecule has 5 nitrogen and oxygen atoms in total. The zero-order valence-electron chi connectivity index (χ0n) is 13.4. The third-order valence-corrected chi connectivity index (χ3v) is 0.437. The maximum Gasteiger partial charge on any atom is 4.00 e. The first-order chi connectivity index (χ1) is 8.00. The summed E-state index contributed by atoms with van der Waals surface area (Å²) in [6.07, 6.45) is 0.111. The van der Waals surface area contributed by atoms with Crippen LogP contribution in [0.5, 0.6) is 0 Å². The van der Waals surface area contributed by atoms with Gasteiger partial charge in [-0.3, -0.25) is 0 Å². The summed E-state index contributed by atoms with van der Waals surface area (Å²) in [7, 11) is 1.35. The van der Waals surface area contributed by atoms with Crippen LogP contribution < -0.4 is 20.4 Å². The second-order valence-electron chi connectivity index (χ2n) is 3.96. The van der Waals surface area contributed by atoms with Gasteiger partial charge in [0.2, 0.25) is 0 Å². The van der Waals surface area contributed by atoms with E-state index < -0.39 is 18.3 Å². The van der Waals surface area contributed by atoms with Crippen molar-refractivity contribution in [1.29, 1.82) is 0 Å². The SMILES string of the molecule is C/C=C(/[O-])OC.CC(C)[O-].CC(C)[O-].CC(C)[O-].[Ti+4]. The number of allylic oxidation sites excluding steroid dienone is 1. The second-order valence-corrected chi connectivity index (χ2v) is 3.96. The molecule has 0 aromatic carbocycles. The van der Waals surface area contributed by atoms with Crippen molar-refractivity contribution in [3.05, 3.63) is 12.0 Å². The van der Waals surface area contributed by atoms with Gasteiger partial charge in [0.15, 0.2) is 0 Å². The Labute approximate surface area is 133 Å². The molecule has 0 atom stereocenters. The Morgan fingerprint density at radius 2 is 1.00 bits per heavy atom. The van der Waals surface area contributed by atoms with E-state index in [4.69, 9.17) is 0 Å². The Kier molecular flexibility index (Phi) is 43.7. The first kappa shape index (κ1) is 31.4. The fraction of sp³-hybridized carbons (Fsp3) is 0.846. The fourth-order valence-electron chi connectivity index (χ4n) is 0.118. The number of rotatable bonds is 1. The molecular weight excluding hydrogens is 284 g/mol. The van der Waals surface area contributed by atoms with Crippen molar-refractivity contribution in [2.45, 2.75) is 66.8 Å². The van der Waals surface area contributed by atoms with Crippen LogP contribution in [0.3, 0.4) is 0 Å². The van der Waals surface area contributed by atoms with Crippen LogP contribution in [0.2, 0.25) is 0 Å². The molecule has 6 heteroatoms. The zero-order chi connectivity index (χ0) is 15.7. The second kappa shape index (κ2) is 26.5. The molecule has 0 heterocycles. The van der Waals surface area contributed by atoms with Crippen molar-refractivity contribution < 1.29 is 46.9 Å². The standard InChI is InChI=1S/C4H8O2.3C3H7O.Ti/c1-3-4(5)6-2;3*1-3(2)4;/h3,5H,1-2H3;3*3H,1-2H3;/q;3*-1;+4/p-1/b4-3-;;;;. The van der Waals surface area contributed by atoms with Crippen LogP contribution in [-0.2, 0) is 26.5 Å². The Morgan fingerprint density at radius 3 is 1.00 bits per heavy atom. The molecule has 0 saturated carbocycles. The summed E-state index contributed by atoms with van der Waals surface area (Å²) in [5.74, 6) is -0.282. The minimum absolute atomic E-state index is 0. The number of hydrogen-bond donors (Lipinski definition) is 0. The summed E-state index contributed by atoms with van der Waals surface area (Å²) >= 11 is 0. The van der Waals surface area contributed by atoms with E-state index in [1.807, 2.05) is 0 Å². The molecular formula is C13H28O5Ti. The first-order valence-electron chi connectivity index (χ1n) is 5.85. The zero-order valence-corrected chi connectivity index (χ0v) is 14.9. The van der Waals surface area contributed by atoms with E-state index in [0.717, 1.165) is 0 Å². The summed E-state index contributed by atoms with van der Waals surface area (Å²) in [5.41, 5.74) is 0. The topological polar surface area (TPSA) is 101 Å². The van der Waals surface area contributed by atoms with Gasteiger partial charge in [0, 0.05) is 5.95 Å². The summed E-state index contributed by atoms with van der Waals surface area (Å²) < 4.78 is 4.20. The third-order valence-electron chi connectivity index (χ3n) is 0.437. The van der Waals surface area contributed by atoms with Gasteiger partial charge in [-0.05, 0) is 14.0 Å². The largest absolute Gasteiger partial charge is 4.00 e. The van der Waals surface area contributed by atoms with Crippen molar-refractivity contribution in [2.75, 3.05) is 7.11 Å². The van der Waals surface area contributed by atoms with Gasteiger partial charge in [-0.1, -0.05) is 47.6 Å². The van der Waals surface area contributed by atoms with E-state index in [1.54, 1.807) is 48.5 Å². The fourth-order valence-corrected chi connectivity index (χ4v) is 0.118. The quantitative estimate of drug-likeness (QED) is 0.462. The molecule has 0 aromatic rings. The molecule has 19 heavy (non-hydrogen) atoms. The molecule has 0 N–H and O–H groups in total. The summed E-state index contributed by atoms with van der Waals surface area (Å²) in [6.45, 7) is 11.3. The van der Waals surface area contributed by atoms with Crippen LogP contribution >= 0.6 is 0 Å². The van der Waals surface area contributed by atoms with Crippen LogP contribution in [0.15, 0.2) is 12.0 Å². The van der Waals surface area contributed by atoms with Crippen LogP contribution in [0, 0.1) is 0 Å². The molecule has 0 aliphatic rings. The molecule has 0 fully saturated rings.